The van der Waals surface area contributed by atoms with E-state index in [1.54, 1.807) is 7.11 Å². The van der Waals surface area contributed by atoms with Crippen molar-refractivity contribution >= 4 is 15.9 Å². The summed E-state index contributed by atoms with van der Waals surface area (Å²) in [5, 5.41) is 2.74. The number of amides is 1. The molecule has 0 saturated heterocycles. The molecular weight excluding hydrogens is 268 g/mol. The van der Waals surface area contributed by atoms with Gasteiger partial charge in [0.25, 0.3) is 5.91 Å². The molecule has 19 heavy (non-hydrogen) atoms. The maximum Gasteiger partial charge on any atom is 0.251 e. The van der Waals surface area contributed by atoms with Gasteiger partial charge in [0.2, 0.25) is 10.0 Å². The summed E-state index contributed by atoms with van der Waals surface area (Å²) in [7, 11) is -0.583. The summed E-state index contributed by atoms with van der Waals surface area (Å²) >= 11 is 0. The van der Waals surface area contributed by atoms with Crippen LogP contribution in [0.25, 0.3) is 0 Å². The minimum Gasteiger partial charge on any atom is -0.383 e. The van der Waals surface area contributed by atoms with Gasteiger partial charge >= 0.3 is 0 Å². The molecule has 0 spiro atoms. The highest BCUT2D eigenvalue weighted by Crippen LogP contribution is 2.10. The van der Waals surface area contributed by atoms with E-state index in [4.69, 9.17) is 4.74 Å². The van der Waals surface area contributed by atoms with Gasteiger partial charge in [-0.15, -0.1) is 0 Å². The largest absolute Gasteiger partial charge is 0.383 e. The molecule has 1 rings (SSSR count). The number of rotatable bonds is 6. The van der Waals surface area contributed by atoms with Crippen LogP contribution in [0.3, 0.4) is 0 Å². The second kappa shape index (κ2) is 6.65. The Morgan fingerprint density at radius 2 is 1.89 bits per heavy atom. The molecule has 0 saturated carbocycles. The number of sulfonamides is 1. The monoisotopic (exact) mass is 286 g/mol. The van der Waals surface area contributed by atoms with Gasteiger partial charge in [0.05, 0.1) is 11.5 Å². The third-order valence-electron chi connectivity index (χ3n) is 2.49. The first kappa shape index (κ1) is 15.6. The van der Waals surface area contributed by atoms with Crippen molar-refractivity contribution < 1.29 is 17.9 Å². The van der Waals surface area contributed by atoms with Gasteiger partial charge in [0.15, 0.2) is 0 Å². The molecule has 0 aromatic heterocycles. The van der Waals surface area contributed by atoms with Crippen LogP contribution in [0.1, 0.15) is 17.3 Å². The molecule has 6 nitrogen and oxygen atoms in total. The molecule has 0 unspecified atom stereocenters. The lowest BCUT2D eigenvalue weighted by atomic mass is 10.2. The second-order valence-corrected chi connectivity index (χ2v) is 5.95. The Hall–Kier alpha value is -1.44. The molecule has 1 aromatic carbocycles. The van der Waals surface area contributed by atoms with E-state index in [0.29, 0.717) is 12.2 Å². The minimum absolute atomic E-state index is 0.113. The van der Waals surface area contributed by atoms with Gasteiger partial charge in [-0.2, -0.15) is 0 Å². The lowest BCUT2D eigenvalue weighted by molar-refractivity contribution is 0.0905. The fourth-order valence-corrected chi connectivity index (χ4v) is 2.23. The summed E-state index contributed by atoms with van der Waals surface area (Å²) in [6.07, 6.45) is 0. The van der Waals surface area contributed by atoms with Gasteiger partial charge in [-0.25, -0.2) is 13.1 Å². The fourth-order valence-electron chi connectivity index (χ4n) is 1.50. The van der Waals surface area contributed by atoms with Gasteiger partial charge in [-0.05, 0) is 38.2 Å². The molecule has 106 valence electrons. The molecule has 2 N–H and O–H groups in total. The maximum absolute atomic E-state index is 11.8. The molecular formula is C12H18N2O4S. The van der Waals surface area contributed by atoms with Crippen molar-refractivity contribution in [1.29, 1.82) is 0 Å². The Kier molecular flexibility index (Phi) is 5.46. The lowest BCUT2D eigenvalue weighted by Crippen LogP contribution is -2.35. The van der Waals surface area contributed by atoms with Gasteiger partial charge in [0.1, 0.15) is 0 Å². The summed E-state index contributed by atoms with van der Waals surface area (Å²) in [6, 6.07) is 5.61. The second-order valence-electron chi connectivity index (χ2n) is 4.06. The van der Waals surface area contributed by atoms with Crippen molar-refractivity contribution in [2.45, 2.75) is 17.9 Å². The van der Waals surface area contributed by atoms with Gasteiger partial charge in [0, 0.05) is 18.7 Å². The van der Waals surface area contributed by atoms with E-state index < -0.39 is 10.0 Å². The average molecular weight is 286 g/mol. The first-order valence-corrected chi connectivity index (χ1v) is 7.22. The highest BCUT2D eigenvalue weighted by Gasteiger charge is 2.13. The maximum atomic E-state index is 11.8. The van der Waals surface area contributed by atoms with Crippen LogP contribution in [0.2, 0.25) is 0 Å². The highest BCUT2D eigenvalue weighted by atomic mass is 32.2. The molecule has 1 aromatic rings. The molecule has 0 aliphatic carbocycles. The summed E-state index contributed by atoms with van der Waals surface area (Å²) < 4.78 is 30.2. The van der Waals surface area contributed by atoms with Crippen LogP contribution in [-0.4, -0.2) is 41.1 Å². The van der Waals surface area contributed by atoms with Crippen LogP contribution in [0.5, 0.6) is 0 Å². The summed E-state index contributed by atoms with van der Waals surface area (Å²) in [6.45, 7) is 2.24. The Labute approximate surface area is 113 Å². The summed E-state index contributed by atoms with van der Waals surface area (Å²) in [4.78, 5) is 12.0. The molecule has 0 bridgehead atoms. The number of carbonyl (C=O) groups excluding carboxylic acids is 1. The summed E-state index contributed by atoms with van der Waals surface area (Å²) in [5.41, 5.74) is 0.401. The van der Waals surface area contributed by atoms with E-state index in [2.05, 4.69) is 10.0 Å². The van der Waals surface area contributed by atoms with Crippen LogP contribution >= 0.6 is 0 Å². The fraction of sp³-hybridized carbons (Fsp3) is 0.417. The van der Waals surface area contributed by atoms with Crippen molar-refractivity contribution in [2.75, 3.05) is 20.8 Å². The smallest absolute Gasteiger partial charge is 0.251 e. The van der Waals surface area contributed by atoms with Crippen molar-refractivity contribution in [1.82, 2.24) is 10.0 Å². The van der Waals surface area contributed by atoms with Crippen LogP contribution in [0.15, 0.2) is 29.2 Å². The van der Waals surface area contributed by atoms with Gasteiger partial charge < -0.3 is 10.1 Å². The topological polar surface area (TPSA) is 84.5 Å². The number of ether oxygens (including phenoxy) is 1. The Morgan fingerprint density at radius 1 is 1.32 bits per heavy atom. The molecule has 0 heterocycles. The number of hydrogen-bond acceptors (Lipinski definition) is 4. The predicted octanol–water partition coefficient (Wildman–Crippen LogP) is 0.359. The molecule has 1 atom stereocenters. The average Bonchev–Trinajstić information content (AvgIpc) is 2.39. The normalized spacial score (nSPS) is 13.0. The van der Waals surface area contributed by atoms with Crippen LogP contribution in [0.4, 0.5) is 0 Å². The van der Waals surface area contributed by atoms with Crippen molar-refractivity contribution in [3.8, 4) is 0 Å². The molecule has 0 fully saturated rings. The van der Waals surface area contributed by atoms with E-state index >= 15 is 0 Å². The van der Waals surface area contributed by atoms with E-state index in [1.165, 1.54) is 31.3 Å². The van der Waals surface area contributed by atoms with Crippen LogP contribution < -0.4 is 10.0 Å². The lowest BCUT2D eigenvalue weighted by Gasteiger charge is -2.12. The molecule has 0 aliphatic heterocycles. The highest BCUT2D eigenvalue weighted by molar-refractivity contribution is 7.89. The van der Waals surface area contributed by atoms with Crippen LogP contribution in [0, 0.1) is 0 Å². The van der Waals surface area contributed by atoms with Crippen molar-refractivity contribution in [2.24, 2.45) is 0 Å². The third kappa shape index (κ3) is 4.30. The number of hydrogen-bond donors (Lipinski definition) is 2. The van der Waals surface area contributed by atoms with E-state index in [-0.39, 0.29) is 16.8 Å². The Bertz CT molecular complexity index is 525. The number of methoxy groups -OCH3 is 1. The Balaban J connectivity index is 2.79. The number of carbonyl (C=O) groups is 1. The quantitative estimate of drug-likeness (QED) is 0.791. The summed E-state index contributed by atoms with van der Waals surface area (Å²) in [5.74, 6) is -0.266. The zero-order valence-corrected chi connectivity index (χ0v) is 12.0. The first-order valence-electron chi connectivity index (χ1n) is 5.74. The van der Waals surface area contributed by atoms with Crippen molar-refractivity contribution in [3.63, 3.8) is 0 Å². The predicted molar refractivity (Wildman–Crippen MR) is 71.5 cm³/mol. The number of nitrogens with one attached hydrogen (secondary N) is 2. The zero-order valence-electron chi connectivity index (χ0n) is 11.1. The first-order chi connectivity index (χ1) is 8.90. The minimum atomic E-state index is -3.47. The molecule has 0 radical (unpaired) electrons. The molecule has 1 amide bonds. The van der Waals surface area contributed by atoms with E-state index in [1.807, 2.05) is 6.92 Å². The third-order valence-corrected chi connectivity index (χ3v) is 3.92. The van der Waals surface area contributed by atoms with Crippen LogP contribution in [-0.2, 0) is 14.8 Å². The Morgan fingerprint density at radius 3 is 2.37 bits per heavy atom. The number of benzene rings is 1. The molecule has 7 heteroatoms. The van der Waals surface area contributed by atoms with E-state index in [9.17, 15) is 13.2 Å². The van der Waals surface area contributed by atoms with Gasteiger partial charge in [-0.3, -0.25) is 4.79 Å². The van der Waals surface area contributed by atoms with E-state index in [0.717, 1.165) is 0 Å². The molecule has 0 aliphatic rings. The zero-order chi connectivity index (χ0) is 14.5. The SMILES string of the molecule is CNS(=O)(=O)c1ccc(C(=O)N[C@@H](C)COC)cc1. The van der Waals surface area contributed by atoms with Gasteiger partial charge in [-0.1, -0.05) is 0 Å². The van der Waals surface area contributed by atoms with Crippen molar-refractivity contribution in [3.05, 3.63) is 29.8 Å². The standard InChI is InChI=1S/C12H18N2O4S/c1-9(8-18-3)14-12(15)10-4-6-11(7-5-10)19(16,17)13-2/h4-7,9,13H,8H2,1-3H3,(H,14,15)/t9-/m0/s1.